The number of carboxylic acid groups (broad SMARTS) is 1. The van der Waals surface area contributed by atoms with Crippen LogP contribution in [0.1, 0.15) is 36.5 Å². The summed E-state index contributed by atoms with van der Waals surface area (Å²) in [7, 11) is -4.77. The molecule has 69 heavy (non-hydrogen) atoms. The van der Waals surface area contributed by atoms with Crippen LogP contribution in [0.4, 0.5) is 0 Å². The number of carbonyl (C=O) groups is 8. The summed E-state index contributed by atoms with van der Waals surface area (Å²) < 4.78 is 35.1. The number of amides is 7. The molecule has 372 valence electrons. The molecule has 1 aromatic heterocycles. The Bertz CT molecular complexity index is 2560. The molecule has 0 fully saturated rings. The van der Waals surface area contributed by atoms with E-state index in [4.69, 9.17) is 16.0 Å². The third-order valence-corrected chi connectivity index (χ3v) is 11.4. The van der Waals surface area contributed by atoms with Crippen molar-refractivity contribution in [1.82, 2.24) is 36.9 Å². The molecule has 0 spiro atoms. The minimum atomic E-state index is -4.77. The van der Waals surface area contributed by atoms with E-state index in [-0.39, 0.29) is 31.4 Å². The smallest absolute Gasteiger partial charge is 0.446 e. The molecule has 4 aromatic rings. The standard InChI is InChI=1S/C44H55N9O14S2/c1-24(54)38(53-40(59)30(45)18-26-12-14-28(15-13-26)67-69(64,65)66)44(63)48-23-36(55)49-34(20-27-22-47-31-11-7-6-10-29(27)31)42(61)50-32(16-17-68-2)41(60)52-35(21-37(56)57)43(62)51-33(39(46)58)19-25-8-4-3-5-9-25/h3-15,22,24,30,32-35,38,47,54H,16-21,23,45H2,1-2H3,(H2,46,58)(H,48,63)(H,49,55)(H,50,61)(H,51,62)(H,52,60)(H,53,59)(H,56,57)(H,64,65,66)/t24-,30+,32+,33+,34+,35+,38+/m1/s1. The van der Waals surface area contributed by atoms with Gasteiger partial charge in [0.15, 0.2) is 0 Å². The molecule has 14 N–H and O–H groups in total. The molecule has 23 nitrogen and oxygen atoms in total. The molecule has 25 heteroatoms. The van der Waals surface area contributed by atoms with Gasteiger partial charge in [0, 0.05) is 29.9 Å². The van der Waals surface area contributed by atoms with Crippen molar-refractivity contribution in [1.29, 1.82) is 0 Å². The Balaban J connectivity index is 1.47. The van der Waals surface area contributed by atoms with E-state index in [2.05, 4.69) is 41.1 Å². The number of primary amides is 1. The predicted molar refractivity (Wildman–Crippen MR) is 251 cm³/mol. The van der Waals surface area contributed by atoms with E-state index in [1.807, 2.05) is 0 Å². The maximum Gasteiger partial charge on any atom is 0.446 e. The number of carboxylic acids is 1. The van der Waals surface area contributed by atoms with Crippen molar-refractivity contribution >= 4 is 80.4 Å². The summed E-state index contributed by atoms with van der Waals surface area (Å²) in [4.78, 5) is 109. The number of benzene rings is 3. The van der Waals surface area contributed by atoms with Gasteiger partial charge in [-0.2, -0.15) is 20.2 Å². The quantitative estimate of drug-likeness (QED) is 0.0298. The fourth-order valence-corrected chi connectivity index (χ4v) is 7.67. The highest BCUT2D eigenvalue weighted by Crippen LogP contribution is 2.20. The third-order valence-electron chi connectivity index (χ3n) is 10.4. The number of thioether (sulfide) groups is 1. The predicted octanol–water partition coefficient (Wildman–Crippen LogP) is -1.66. The first-order valence-corrected chi connectivity index (χ1v) is 24.0. The van der Waals surface area contributed by atoms with Crippen LogP contribution < -0.4 is 47.6 Å². The van der Waals surface area contributed by atoms with Crippen molar-refractivity contribution < 1.29 is 65.7 Å². The average molecular weight is 998 g/mol. The van der Waals surface area contributed by atoms with Crippen LogP contribution in [0.3, 0.4) is 0 Å². The van der Waals surface area contributed by atoms with E-state index in [1.165, 1.54) is 43.0 Å². The van der Waals surface area contributed by atoms with Crippen molar-refractivity contribution in [3.63, 3.8) is 0 Å². The molecule has 0 aliphatic heterocycles. The lowest BCUT2D eigenvalue weighted by atomic mass is 10.0. The Morgan fingerprint density at radius 1 is 0.725 bits per heavy atom. The summed E-state index contributed by atoms with van der Waals surface area (Å²) in [6.45, 7) is 0.438. The summed E-state index contributed by atoms with van der Waals surface area (Å²) in [5.74, 6) is -7.90. The van der Waals surface area contributed by atoms with Gasteiger partial charge in [-0.3, -0.25) is 42.9 Å². The van der Waals surface area contributed by atoms with Gasteiger partial charge in [-0.1, -0.05) is 60.7 Å². The number of aliphatic carboxylic acids is 1. The number of rotatable bonds is 27. The second kappa shape index (κ2) is 25.9. The van der Waals surface area contributed by atoms with Gasteiger partial charge in [-0.15, -0.1) is 0 Å². The highest BCUT2D eigenvalue weighted by atomic mass is 32.3. The van der Waals surface area contributed by atoms with Crippen LogP contribution in [0.25, 0.3) is 10.9 Å². The second-order valence-corrected chi connectivity index (χ2v) is 17.8. The van der Waals surface area contributed by atoms with Crippen LogP contribution in [0.2, 0.25) is 0 Å². The Morgan fingerprint density at radius 2 is 1.32 bits per heavy atom. The number of nitrogens with one attached hydrogen (secondary N) is 7. The van der Waals surface area contributed by atoms with Crippen molar-refractivity contribution in [3.05, 3.63) is 102 Å². The molecule has 0 aliphatic rings. The van der Waals surface area contributed by atoms with Crippen molar-refractivity contribution in [3.8, 4) is 5.75 Å². The number of fused-ring (bicyclic) bond motifs is 1. The zero-order chi connectivity index (χ0) is 50.8. The number of carbonyl (C=O) groups excluding carboxylic acids is 7. The van der Waals surface area contributed by atoms with Gasteiger partial charge in [0.1, 0.15) is 36.0 Å². The monoisotopic (exact) mass is 997 g/mol. The fraction of sp³-hybridized carbons (Fsp3) is 0.364. The minimum absolute atomic E-state index is 0.0176. The van der Waals surface area contributed by atoms with Crippen LogP contribution in [0.15, 0.2) is 85.1 Å². The summed E-state index contributed by atoms with van der Waals surface area (Å²) >= 11 is 1.32. The third kappa shape index (κ3) is 17.8. The number of aliphatic hydroxyl groups is 1. The fourth-order valence-electron chi connectivity index (χ4n) is 6.85. The molecular weight excluding hydrogens is 943 g/mol. The highest BCUT2D eigenvalue weighted by Gasteiger charge is 2.33. The van der Waals surface area contributed by atoms with E-state index in [9.17, 15) is 57.0 Å². The van der Waals surface area contributed by atoms with Gasteiger partial charge < -0.3 is 62.7 Å². The first-order chi connectivity index (χ1) is 32.6. The van der Waals surface area contributed by atoms with Crippen molar-refractivity contribution in [2.24, 2.45) is 11.5 Å². The van der Waals surface area contributed by atoms with Crippen LogP contribution in [0.5, 0.6) is 5.75 Å². The lowest BCUT2D eigenvalue weighted by Gasteiger charge is -2.26. The summed E-state index contributed by atoms with van der Waals surface area (Å²) in [5, 5.41) is 35.4. The van der Waals surface area contributed by atoms with Gasteiger partial charge in [0.25, 0.3) is 0 Å². The van der Waals surface area contributed by atoms with Crippen molar-refractivity contribution in [2.75, 3.05) is 18.6 Å². The molecular formula is C44H55N9O14S2. The first-order valence-electron chi connectivity index (χ1n) is 21.2. The molecule has 7 atom stereocenters. The number of nitrogens with two attached hydrogens (primary N) is 2. The Morgan fingerprint density at radius 3 is 1.94 bits per heavy atom. The molecule has 0 radical (unpaired) electrons. The van der Waals surface area contributed by atoms with E-state index < -0.39 is 113 Å². The molecule has 0 aliphatic carbocycles. The SMILES string of the molecule is CSCC[C@H](NC(=O)[C@H](Cc1c[nH]c2ccccc12)NC(=O)CNC(=O)[C@@H](NC(=O)[C@@H](N)Cc1ccc(OS(=O)(=O)O)cc1)[C@@H](C)O)C(=O)N[C@@H](CC(=O)O)C(=O)N[C@@H](Cc1ccccc1)C(N)=O. The number of para-hydroxylation sites is 1. The number of aliphatic hydroxyl groups excluding tert-OH is 1. The van der Waals surface area contributed by atoms with Gasteiger partial charge in [0.05, 0.1) is 25.1 Å². The summed E-state index contributed by atoms with van der Waals surface area (Å²) in [6.07, 6.45) is 0.665. The number of hydrogen-bond acceptors (Lipinski definition) is 14. The van der Waals surface area contributed by atoms with E-state index in [0.717, 1.165) is 0 Å². The van der Waals surface area contributed by atoms with Gasteiger partial charge in [-0.25, -0.2) is 0 Å². The normalized spacial score (nSPS) is 14.3. The summed E-state index contributed by atoms with van der Waals surface area (Å²) in [5.41, 5.74) is 14.0. The van der Waals surface area contributed by atoms with E-state index in [0.29, 0.717) is 33.3 Å². The molecule has 0 bridgehead atoms. The van der Waals surface area contributed by atoms with Crippen LogP contribution in [0, 0.1) is 0 Å². The van der Waals surface area contributed by atoms with Crippen molar-refractivity contribution in [2.45, 2.75) is 81.4 Å². The first kappa shape index (κ1) is 54.5. The number of hydrogen-bond donors (Lipinski definition) is 12. The number of aromatic nitrogens is 1. The van der Waals surface area contributed by atoms with E-state index >= 15 is 0 Å². The zero-order valence-electron chi connectivity index (χ0n) is 37.4. The molecule has 0 saturated heterocycles. The van der Waals surface area contributed by atoms with Crippen LogP contribution in [-0.4, -0.2) is 136 Å². The Kier molecular flexibility index (Phi) is 20.5. The molecule has 0 saturated carbocycles. The molecule has 4 rings (SSSR count). The van der Waals surface area contributed by atoms with Gasteiger partial charge in [0.2, 0.25) is 41.4 Å². The second-order valence-electron chi connectivity index (χ2n) is 15.7. The zero-order valence-corrected chi connectivity index (χ0v) is 39.0. The highest BCUT2D eigenvalue weighted by molar-refractivity contribution is 7.98. The average Bonchev–Trinajstić information content (AvgIpc) is 3.70. The molecule has 1 heterocycles. The van der Waals surface area contributed by atoms with Gasteiger partial charge in [-0.05, 0) is 66.7 Å². The molecule has 3 aromatic carbocycles. The van der Waals surface area contributed by atoms with Crippen LogP contribution in [-0.2, 0) is 68.0 Å². The minimum Gasteiger partial charge on any atom is -0.481 e. The molecule has 7 amide bonds. The maximum absolute atomic E-state index is 14.2. The maximum atomic E-state index is 14.2. The van der Waals surface area contributed by atoms with Crippen LogP contribution >= 0.6 is 11.8 Å². The molecule has 0 unspecified atom stereocenters. The Labute approximate surface area is 400 Å². The summed E-state index contributed by atoms with van der Waals surface area (Å²) in [6, 6.07) is 12.2. The largest absolute Gasteiger partial charge is 0.481 e. The van der Waals surface area contributed by atoms with Gasteiger partial charge >= 0.3 is 16.4 Å². The number of H-pyrrole nitrogens is 1. The lowest BCUT2D eigenvalue weighted by molar-refractivity contribution is -0.141. The topological polar surface area (TPSA) is 381 Å². The number of aromatic amines is 1. The van der Waals surface area contributed by atoms with E-state index in [1.54, 1.807) is 67.0 Å². The Hall–Kier alpha value is -7.06. The lowest BCUT2D eigenvalue weighted by Crippen LogP contribution is -2.59.